The number of allylic oxidation sites excluding steroid dienone is 8. The van der Waals surface area contributed by atoms with Crippen LogP contribution in [0.15, 0.2) is 42.7 Å². The first-order chi connectivity index (χ1) is 10.6. The zero-order chi connectivity index (χ0) is 17.7. The summed E-state index contributed by atoms with van der Waals surface area (Å²) in [7, 11) is -0.571. The van der Waals surface area contributed by atoms with Crippen LogP contribution in [0.2, 0.25) is 0 Å². The molecule has 0 aromatic carbocycles. The molecule has 0 saturated heterocycles. The monoisotopic (exact) mass is 548 g/mol. The summed E-state index contributed by atoms with van der Waals surface area (Å²) in [5, 5.41) is 5.22. The second kappa shape index (κ2) is 7.70. The molecule has 0 N–H and O–H groups in total. The molecular weight excluding hydrogens is 518 g/mol. The van der Waals surface area contributed by atoms with E-state index in [2.05, 4.69) is 55.4 Å². The molecule has 0 spiro atoms. The predicted molar refractivity (Wildman–Crippen MR) is 108 cm³/mol. The molecule has 2 unspecified atom stereocenters. The number of rotatable bonds is 4. The Bertz CT molecular complexity index is 626. The molecule has 0 aromatic rings. The van der Waals surface area contributed by atoms with E-state index < -0.39 is 9.52 Å². The third kappa shape index (κ3) is 3.08. The minimum atomic E-state index is -0.571. The minimum Gasteiger partial charge on any atom is -0.0879 e. The second-order valence-corrected chi connectivity index (χ2v) is 10.2. The van der Waals surface area contributed by atoms with Crippen LogP contribution >= 0.6 is 23.2 Å². The van der Waals surface area contributed by atoms with Crippen molar-refractivity contribution in [2.75, 3.05) is 0 Å². The van der Waals surface area contributed by atoms with Crippen molar-refractivity contribution in [3.63, 3.8) is 0 Å². The Kier molecular flexibility index (Phi) is 7.28. The van der Waals surface area contributed by atoms with Crippen molar-refractivity contribution in [3.05, 3.63) is 42.7 Å². The van der Waals surface area contributed by atoms with Gasteiger partial charge in [-0.25, -0.2) is 0 Å². The van der Waals surface area contributed by atoms with Crippen molar-refractivity contribution in [1.82, 2.24) is 0 Å². The molecule has 0 amide bonds. The van der Waals surface area contributed by atoms with Crippen molar-refractivity contribution >= 4 is 32.7 Å². The standard InChI is InChI=1S/C20H30Cl2Si.Hf/c1-9-19(7)13(5)15(11(3)17(19)21)23-16-12(4)18(22)20(8,10-2)14(16)6;/h9-10,23H2,1-8H3;. The largest absolute Gasteiger partial charge is 0.0882 e. The van der Waals surface area contributed by atoms with E-state index in [1.54, 1.807) is 10.4 Å². The van der Waals surface area contributed by atoms with Gasteiger partial charge in [-0.15, -0.1) is 0 Å². The van der Waals surface area contributed by atoms with Crippen molar-refractivity contribution in [3.8, 4) is 0 Å². The molecule has 0 fully saturated rings. The van der Waals surface area contributed by atoms with E-state index in [1.807, 2.05) is 0 Å². The summed E-state index contributed by atoms with van der Waals surface area (Å²) in [4.78, 5) is 0. The van der Waals surface area contributed by atoms with Crippen molar-refractivity contribution in [1.29, 1.82) is 0 Å². The molecule has 2 rings (SSSR count). The third-order valence-electron chi connectivity index (χ3n) is 6.86. The number of halogens is 2. The Labute approximate surface area is 179 Å². The summed E-state index contributed by atoms with van der Waals surface area (Å²) in [6, 6.07) is 0. The van der Waals surface area contributed by atoms with Crippen molar-refractivity contribution in [2.24, 2.45) is 10.8 Å². The van der Waals surface area contributed by atoms with Crippen molar-refractivity contribution in [2.45, 2.75) is 68.2 Å². The first-order valence-corrected chi connectivity index (χ1v) is 10.9. The molecule has 0 aliphatic heterocycles. The molecule has 0 heterocycles. The van der Waals surface area contributed by atoms with Gasteiger partial charge in [-0.05, 0) is 51.7 Å². The molecule has 0 aromatic heterocycles. The first-order valence-electron chi connectivity index (χ1n) is 8.71. The first kappa shape index (κ1) is 22.7. The van der Waals surface area contributed by atoms with Crippen LogP contribution in [-0.2, 0) is 25.8 Å². The molecule has 2 aliphatic rings. The fourth-order valence-corrected chi connectivity index (χ4v) is 7.75. The molecule has 2 aliphatic carbocycles. The van der Waals surface area contributed by atoms with Crippen LogP contribution in [0.5, 0.6) is 0 Å². The Morgan fingerprint density at radius 3 is 1.25 bits per heavy atom. The zero-order valence-electron chi connectivity index (χ0n) is 16.4. The van der Waals surface area contributed by atoms with E-state index in [0.29, 0.717) is 0 Å². The second-order valence-electron chi connectivity index (χ2n) is 7.63. The molecular formula is C20H30Cl2HfSi. The minimum absolute atomic E-state index is 0. The van der Waals surface area contributed by atoms with E-state index in [4.69, 9.17) is 23.2 Å². The number of hydrogen-bond acceptors (Lipinski definition) is 0. The van der Waals surface area contributed by atoms with Crippen LogP contribution in [0.4, 0.5) is 0 Å². The topological polar surface area (TPSA) is 0 Å². The van der Waals surface area contributed by atoms with Gasteiger partial charge in [0.1, 0.15) is 0 Å². The quantitative estimate of drug-likeness (QED) is 0.349. The Morgan fingerprint density at radius 1 is 0.750 bits per heavy atom. The normalized spacial score (nSPS) is 31.2. The molecule has 0 nitrogen and oxygen atoms in total. The third-order valence-corrected chi connectivity index (χ3v) is 11.1. The SMILES string of the molecule is CCC1(C)C(C)=C([SiH2]C2=C(C)C(C)(CC)C(Cl)=C2C)C(C)=C1Cl.[Hf]. The van der Waals surface area contributed by atoms with Gasteiger partial charge in [0.2, 0.25) is 0 Å². The van der Waals surface area contributed by atoms with Gasteiger partial charge in [-0.2, -0.15) is 0 Å². The summed E-state index contributed by atoms with van der Waals surface area (Å²) < 4.78 is 0. The van der Waals surface area contributed by atoms with Gasteiger partial charge in [0.15, 0.2) is 0 Å². The van der Waals surface area contributed by atoms with Crippen molar-refractivity contribution < 1.29 is 25.8 Å². The van der Waals surface area contributed by atoms with Crippen LogP contribution in [0.25, 0.3) is 0 Å². The van der Waals surface area contributed by atoms with Gasteiger partial charge in [0.05, 0.1) is 9.52 Å². The van der Waals surface area contributed by atoms with Gasteiger partial charge in [-0.1, -0.05) is 72.4 Å². The average Bonchev–Trinajstić information content (AvgIpc) is 2.81. The maximum Gasteiger partial charge on any atom is 0.0882 e. The molecule has 2 atom stereocenters. The van der Waals surface area contributed by atoms with Crippen LogP contribution in [0, 0.1) is 10.8 Å². The van der Waals surface area contributed by atoms with Crippen LogP contribution in [0.3, 0.4) is 0 Å². The molecule has 4 heteroatoms. The fourth-order valence-electron chi connectivity index (χ4n) is 4.20. The van der Waals surface area contributed by atoms with E-state index in [0.717, 1.165) is 22.9 Å². The Morgan fingerprint density at radius 2 is 1.04 bits per heavy atom. The summed E-state index contributed by atoms with van der Waals surface area (Å²) in [5.41, 5.74) is 5.71. The van der Waals surface area contributed by atoms with E-state index in [9.17, 15) is 0 Å². The summed E-state index contributed by atoms with van der Waals surface area (Å²) in [6.07, 6.45) is 2.13. The Hall–Kier alpha value is 0.627. The van der Waals surface area contributed by atoms with E-state index >= 15 is 0 Å². The van der Waals surface area contributed by atoms with Crippen LogP contribution < -0.4 is 0 Å². The number of hydrogen-bond donors (Lipinski definition) is 0. The van der Waals surface area contributed by atoms with Gasteiger partial charge in [0, 0.05) is 46.7 Å². The van der Waals surface area contributed by atoms with Gasteiger partial charge < -0.3 is 0 Å². The van der Waals surface area contributed by atoms with Gasteiger partial charge in [0.25, 0.3) is 0 Å². The molecule has 24 heavy (non-hydrogen) atoms. The van der Waals surface area contributed by atoms with Gasteiger partial charge in [-0.3, -0.25) is 0 Å². The molecule has 0 radical (unpaired) electrons. The van der Waals surface area contributed by atoms with Gasteiger partial charge >= 0.3 is 0 Å². The zero-order valence-corrected chi connectivity index (χ0v) is 22.9. The smallest absolute Gasteiger partial charge is 0.0879 e. The van der Waals surface area contributed by atoms with E-state index in [-0.39, 0.29) is 36.7 Å². The van der Waals surface area contributed by atoms with Crippen LogP contribution in [-0.4, -0.2) is 9.52 Å². The fraction of sp³-hybridized carbons (Fsp3) is 0.600. The molecule has 0 saturated carbocycles. The average molecular weight is 548 g/mol. The summed E-state index contributed by atoms with van der Waals surface area (Å²) in [5.74, 6) is 0. The maximum atomic E-state index is 6.74. The van der Waals surface area contributed by atoms with Crippen LogP contribution in [0.1, 0.15) is 68.2 Å². The maximum absolute atomic E-state index is 6.74. The summed E-state index contributed by atoms with van der Waals surface area (Å²) in [6.45, 7) is 18.0. The molecule has 0 bridgehead atoms. The summed E-state index contributed by atoms with van der Waals surface area (Å²) >= 11 is 13.5. The van der Waals surface area contributed by atoms with E-state index in [1.165, 1.54) is 22.3 Å². The Balaban J connectivity index is 0.00000288. The predicted octanol–water partition coefficient (Wildman–Crippen LogP) is 6.59. The molecule has 132 valence electrons.